The summed E-state index contributed by atoms with van der Waals surface area (Å²) in [5.74, 6) is 1.34. The van der Waals surface area contributed by atoms with Gasteiger partial charge < -0.3 is 14.0 Å². The zero-order chi connectivity index (χ0) is 10.7. The molecule has 0 aromatic heterocycles. The quantitative estimate of drug-likeness (QED) is 0.751. The first kappa shape index (κ1) is 10.4. The van der Waals surface area contributed by atoms with Crippen molar-refractivity contribution in [2.75, 3.05) is 13.2 Å². The summed E-state index contributed by atoms with van der Waals surface area (Å²) in [7, 11) is 0. The van der Waals surface area contributed by atoms with Gasteiger partial charge in [-0.1, -0.05) is 12.1 Å². The van der Waals surface area contributed by atoms with Gasteiger partial charge in [0.1, 0.15) is 12.7 Å². The predicted octanol–water partition coefficient (Wildman–Crippen LogP) is 0.210. The zero-order valence-electron chi connectivity index (χ0n) is 7.84. The second kappa shape index (κ2) is 4.61. The molecule has 15 heavy (non-hydrogen) atoms. The van der Waals surface area contributed by atoms with Crippen molar-refractivity contribution in [3.63, 3.8) is 0 Å². The molecule has 0 radical (unpaired) electrons. The fourth-order valence-corrected chi connectivity index (χ4v) is 1.65. The number of hydrogen-bond acceptors (Lipinski definition) is 4. The van der Waals surface area contributed by atoms with E-state index in [0.29, 0.717) is 18.1 Å². The molecule has 2 atom stereocenters. The van der Waals surface area contributed by atoms with E-state index in [0.717, 1.165) is 0 Å². The highest BCUT2D eigenvalue weighted by molar-refractivity contribution is 7.77. The summed E-state index contributed by atoms with van der Waals surface area (Å²) in [6, 6.07) is 7.29. The van der Waals surface area contributed by atoms with Gasteiger partial charge in [-0.2, -0.15) is 0 Å². The molecule has 1 N–H and O–H groups in total. The molecule has 2 rings (SSSR count). The lowest BCUT2D eigenvalue weighted by atomic mass is 10.2. The number of hydrogen-bond donors (Lipinski definition) is 1. The van der Waals surface area contributed by atoms with E-state index in [9.17, 15) is 8.76 Å². The highest BCUT2D eigenvalue weighted by Gasteiger charge is 2.19. The van der Waals surface area contributed by atoms with Gasteiger partial charge in [0, 0.05) is 17.8 Å². The van der Waals surface area contributed by atoms with E-state index in [1.807, 2.05) is 18.2 Å². The Morgan fingerprint density at radius 3 is 2.93 bits per heavy atom. The number of ether oxygens (including phenoxy) is 2. The maximum atomic E-state index is 10.3. The van der Waals surface area contributed by atoms with Crippen LogP contribution in [-0.4, -0.2) is 28.0 Å². The van der Waals surface area contributed by atoms with Crippen LogP contribution in [0.5, 0.6) is 11.5 Å². The average Bonchev–Trinajstić information content (AvgIpc) is 2.26. The fourth-order valence-electron chi connectivity index (χ4n) is 1.32. The smallest absolute Gasteiger partial charge is 0.161 e. The van der Waals surface area contributed by atoms with Crippen LogP contribution in [0.4, 0.5) is 0 Å². The van der Waals surface area contributed by atoms with E-state index < -0.39 is 11.3 Å². The van der Waals surface area contributed by atoms with Gasteiger partial charge in [-0.3, -0.25) is 4.21 Å². The number of nitrogens with one attached hydrogen (secondary N) is 1. The third kappa shape index (κ3) is 2.68. The van der Waals surface area contributed by atoms with Crippen molar-refractivity contribution in [3.05, 3.63) is 24.3 Å². The van der Waals surface area contributed by atoms with Crippen LogP contribution in [0, 0.1) is 0 Å². The lowest BCUT2D eigenvalue weighted by molar-refractivity contribution is 0.0942. The normalized spacial score (nSPS) is 21.0. The van der Waals surface area contributed by atoms with Gasteiger partial charge in [0.2, 0.25) is 0 Å². The molecule has 0 spiro atoms. The lowest BCUT2D eigenvalue weighted by Gasteiger charge is -2.26. The second-order valence-corrected chi connectivity index (χ2v) is 3.84. The second-order valence-electron chi connectivity index (χ2n) is 3.08. The van der Waals surface area contributed by atoms with Crippen molar-refractivity contribution in [1.82, 2.24) is 4.72 Å². The van der Waals surface area contributed by atoms with Gasteiger partial charge in [0.25, 0.3) is 0 Å². The van der Waals surface area contributed by atoms with Crippen molar-refractivity contribution < 1.29 is 18.2 Å². The Bertz CT molecular complexity index is 371. The molecule has 0 amide bonds. The third-order valence-corrected chi connectivity index (χ3v) is 2.40. The van der Waals surface area contributed by atoms with Crippen LogP contribution in [0.25, 0.3) is 0 Å². The van der Waals surface area contributed by atoms with Gasteiger partial charge in [-0.05, 0) is 12.1 Å². The van der Waals surface area contributed by atoms with Crippen LogP contribution in [-0.2, 0) is 11.3 Å². The van der Waals surface area contributed by atoms with Gasteiger partial charge in [0.05, 0.1) is 0 Å². The SMILES string of the molecule is O=S([O-])NCC1COc2ccccc2O1. The summed E-state index contributed by atoms with van der Waals surface area (Å²) in [4.78, 5) is 0. The molecule has 1 heterocycles. The van der Waals surface area contributed by atoms with Crippen LogP contribution in [0.2, 0.25) is 0 Å². The minimum Gasteiger partial charge on any atom is -0.760 e. The number of benzene rings is 1. The molecule has 0 saturated carbocycles. The summed E-state index contributed by atoms with van der Waals surface area (Å²) in [5, 5.41) is 0. The molecule has 1 aliphatic heterocycles. The Morgan fingerprint density at radius 1 is 1.47 bits per heavy atom. The van der Waals surface area contributed by atoms with E-state index >= 15 is 0 Å². The van der Waals surface area contributed by atoms with Gasteiger partial charge in [-0.25, -0.2) is 4.72 Å². The largest absolute Gasteiger partial charge is 0.760 e. The molecule has 0 bridgehead atoms. The highest BCUT2D eigenvalue weighted by Crippen LogP contribution is 2.30. The molecule has 5 nitrogen and oxygen atoms in total. The maximum absolute atomic E-state index is 10.3. The van der Waals surface area contributed by atoms with E-state index in [2.05, 4.69) is 4.72 Å². The maximum Gasteiger partial charge on any atom is 0.161 e. The molecule has 1 aromatic rings. The molecule has 0 aliphatic carbocycles. The molecule has 1 aliphatic rings. The van der Waals surface area contributed by atoms with Crippen LogP contribution in [0.1, 0.15) is 0 Å². The molecule has 0 saturated heterocycles. The zero-order valence-corrected chi connectivity index (χ0v) is 8.66. The molecule has 82 valence electrons. The third-order valence-electron chi connectivity index (χ3n) is 2.00. The van der Waals surface area contributed by atoms with Crippen molar-refractivity contribution in [2.45, 2.75) is 6.10 Å². The Kier molecular flexibility index (Phi) is 3.20. The minimum absolute atomic E-state index is 0.213. The van der Waals surface area contributed by atoms with Crippen LogP contribution < -0.4 is 14.2 Å². The molecular weight excluding hydrogens is 218 g/mol. The van der Waals surface area contributed by atoms with E-state index in [-0.39, 0.29) is 12.6 Å². The van der Waals surface area contributed by atoms with Crippen molar-refractivity contribution in [2.24, 2.45) is 0 Å². The number of para-hydroxylation sites is 2. The Balaban J connectivity index is 1.96. The van der Waals surface area contributed by atoms with Crippen LogP contribution in [0.15, 0.2) is 24.3 Å². The first-order chi connectivity index (χ1) is 7.25. The first-order valence-electron chi connectivity index (χ1n) is 4.47. The Hall–Kier alpha value is -1.11. The first-order valence-corrected chi connectivity index (χ1v) is 5.54. The molecule has 6 heteroatoms. The number of fused-ring (bicyclic) bond motifs is 1. The molecule has 0 fully saturated rings. The lowest BCUT2D eigenvalue weighted by Crippen LogP contribution is -2.38. The number of rotatable bonds is 3. The molecule has 1 aromatic carbocycles. The van der Waals surface area contributed by atoms with Crippen molar-refractivity contribution >= 4 is 11.3 Å². The molecular formula is C9H10NO4S-. The van der Waals surface area contributed by atoms with Crippen molar-refractivity contribution in [1.29, 1.82) is 0 Å². The summed E-state index contributed by atoms with van der Waals surface area (Å²) < 4.78 is 33.7. The monoisotopic (exact) mass is 228 g/mol. The summed E-state index contributed by atoms with van der Waals surface area (Å²) >= 11 is -2.26. The predicted molar refractivity (Wildman–Crippen MR) is 53.3 cm³/mol. The van der Waals surface area contributed by atoms with Crippen LogP contribution >= 0.6 is 0 Å². The average molecular weight is 228 g/mol. The van der Waals surface area contributed by atoms with E-state index in [1.54, 1.807) is 6.07 Å². The summed E-state index contributed by atoms with van der Waals surface area (Å²) in [6.45, 7) is 0.561. The van der Waals surface area contributed by atoms with Gasteiger partial charge >= 0.3 is 0 Å². The van der Waals surface area contributed by atoms with Crippen molar-refractivity contribution in [3.8, 4) is 11.5 Å². The Labute approximate surface area is 89.8 Å². The topological polar surface area (TPSA) is 70.6 Å². The minimum atomic E-state index is -2.26. The van der Waals surface area contributed by atoms with E-state index in [1.165, 1.54) is 0 Å². The summed E-state index contributed by atoms with van der Waals surface area (Å²) in [5.41, 5.74) is 0. The standard InChI is InChI=1S/C9H11NO4S/c11-15(12)10-5-7-6-13-8-3-1-2-4-9(8)14-7/h1-4,7,10H,5-6H2,(H,11,12)/p-1. The fraction of sp³-hybridized carbons (Fsp3) is 0.333. The Morgan fingerprint density at radius 2 is 2.20 bits per heavy atom. The molecule has 2 unspecified atom stereocenters. The van der Waals surface area contributed by atoms with Crippen LogP contribution in [0.3, 0.4) is 0 Å². The van der Waals surface area contributed by atoms with E-state index in [4.69, 9.17) is 9.47 Å². The summed E-state index contributed by atoms with van der Waals surface area (Å²) in [6.07, 6.45) is -0.280. The highest BCUT2D eigenvalue weighted by atomic mass is 32.2. The van der Waals surface area contributed by atoms with Gasteiger partial charge in [-0.15, -0.1) is 0 Å². The van der Waals surface area contributed by atoms with Gasteiger partial charge in [0.15, 0.2) is 11.5 Å².